The van der Waals surface area contributed by atoms with Crippen molar-refractivity contribution in [2.75, 3.05) is 48.5 Å². The summed E-state index contributed by atoms with van der Waals surface area (Å²) in [6.45, 7) is 7.09. The third-order valence-electron chi connectivity index (χ3n) is 9.29. The van der Waals surface area contributed by atoms with Gasteiger partial charge in [-0.25, -0.2) is 0 Å². The molecule has 0 saturated heterocycles. The number of unbranched alkanes of at least 4 members (excludes halogenated alkanes) is 21. The van der Waals surface area contributed by atoms with Crippen molar-refractivity contribution in [3.63, 3.8) is 0 Å². The number of nitrogens with one attached hydrogen (secondary N) is 1. The summed E-state index contributed by atoms with van der Waals surface area (Å²) in [5, 5.41) is 3.90. The molecule has 1 atom stereocenters. The summed E-state index contributed by atoms with van der Waals surface area (Å²) >= 11 is 0. The first-order chi connectivity index (χ1) is 19.9. The maximum Gasteiger partial charge on any atom is 0.282 e. The third-order valence-corrected chi connectivity index (χ3v) is 9.29. The van der Waals surface area contributed by atoms with Crippen molar-refractivity contribution < 1.29 is 18.7 Å². The van der Waals surface area contributed by atoms with E-state index < -0.39 is 5.97 Å². The van der Waals surface area contributed by atoms with Crippen LogP contribution in [0, 0.1) is 0 Å². The zero-order valence-corrected chi connectivity index (χ0v) is 29.3. The lowest BCUT2D eigenvalue weighted by molar-refractivity contribution is -0.918. The average Bonchev–Trinajstić information content (AvgIpc) is 2.98. The van der Waals surface area contributed by atoms with Crippen LogP contribution in [0.25, 0.3) is 0 Å². The van der Waals surface area contributed by atoms with Crippen molar-refractivity contribution in [3.8, 4) is 0 Å². The molecule has 0 aliphatic heterocycles. The van der Waals surface area contributed by atoms with E-state index in [2.05, 4.69) is 33.3 Å². The number of hydrogen-bond acceptors (Lipinski definition) is 4. The Morgan fingerprint density at radius 2 is 0.878 bits per heavy atom. The van der Waals surface area contributed by atoms with E-state index in [1.165, 1.54) is 161 Å². The summed E-state index contributed by atoms with van der Waals surface area (Å²) in [5.74, 6) is -0.862. The predicted octanol–water partition coefficient (Wildman–Crippen LogP) is 10.4. The van der Waals surface area contributed by atoms with Crippen molar-refractivity contribution in [3.05, 3.63) is 0 Å². The molecule has 0 fully saturated rings. The standard InChI is InChI=1S/C36H77N2O3/c1-8-10-11-12-13-14-15-16-17-18-19-20-21-24-27-30-33-37-35(9-2)38(3,4)34-31-28-25-22-23-26-29-32-36(39-5,40-6)41-7/h35,37H,8-34H2,1-7H3/q+1. The van der Waals surface area contributed by atoms with Gasteiger partial charge >= 0.3 is 0 Å². The molecule has 0 spiro atoms. The molecule has 248 valence electrons. The van der Waals surface area contributed by atoms with E-state index in [1.807, 2.05) is 0 Å². The number of quaternary nitrogens is 1. The van der Waals surface area contributed by atoms with Crippen molar-refractivity contribution in [1.29, 1.82) is 0 Å². The van der Waals surface area contributed by atoms with E-state index in [4.69, 9.17) is 14.2 Å². The lowest BCUT2D eigenvalue weighted by atomic mass is 10.0. The zero-order chi connectivity index (χ0) is 30.5. The van der Waals surface area contributed by atoms with Crippen LogP contribution in [0.3, 0.4) is 0 Å². The van der Waals surface area contributed by atoms with Crippen LogP contribution >= 0.6 is 0 Å². The normalized spacial score (nSPS) is 13.2. The Hall–Kier alpha value is -0.200. The Bertz CT molecular complexity index is 517. The van der Waals surface area contributed by atoms with Crippen LogP contribution in [0.2, 0.25) is 0 Å². The molecule has 1 N–H and O–H groups in total. The van der Waals surface area contributed by atoms with Gasteiger partial charge in [0.2, 0.25) is 0 Å². The molecule has 0 heterocycles. The van der Waals surface area contributed by atoms with Crippen LogP contribution < -0.4 is 5.32 Å². The smallest absolute Gasteiger partial charge is 0.282 e. The number of ether oxygens (including phenoxy) is 3. The minimum absolute atomic E-state index is 0.578. The second-order valence-electron chi connectivity index (χ2n) is 13.2. The monoisotopic (exact) mass is 586 g/mol. The maximum absolute atomic E-state index is 5.38. The van der Waals surface area contributed by atoms with E-state index in [0.29, 0.717) is 6.17 Å². The molecule has 0 aliphatic rings. The minimum Gasteiger partial charge on any atom is -0.331 e. The highest BCUT2D eigenvalue weighted by molar-refractivity contribution is 4.59. The largest absolute Gasteiger partial charge is 0.331 e. The molecule has 0 aromatic rings. The Morgan fingerprint density at radius 3 is 1.27 bits per heavy atom. The lowest BCUT2D eigenvalue weighted by Crippen LogP contribution is -2.56. The van der Waals surface area contributed by atoms with Gasteiger partial charge in [0.25, 0.3) is 5.97 Å². The molecular weight excluding hydrogens is 508 g/mol. The molecule has 0 aliphatic carbocycles. The van der Waals surface area contributed by atoms with Gasteiger partial charge in [0.1, 0.15) is 6.17 Å². The minimum atomic E-state index is -0.862. The highest BCUT2D eigenvalue weighted by Gasteiger charge is 2.28. The van der Waals surface area contributed by atoms with Crippen molar-refractivity contribution in [2.24, 2.45) is 0 Å². The molecule has 0 rings (SSSR count). The second kappa shape index (κ2) is 28.6. The summed E-state index contributed by atoms with van der Waals surface area (Å²) in [6, 6.07) is 0. The first-order valence-corrected chi connectivity index (χ1v) is 18.1. The molecule has 0 aromatic carbocycles. The lowest BCUT2D eigenvalue weighted by Gasteiger charge is -2.38. The van der Waals surface area contributed by atoms with Crippen LogP contribution in [0.1, 0.15) is 174 Å². The van der Waals surface area contributed by atoms with Crippen LogP contribution in [-0.2, 0) is 14.2 Å². The summed E-state index contributed by atoms with van der Waals surface area (Å²) in [4.78, 5) is 0. The van der Waals surface area contributed by atoms with Crippen molar-refractivity contribution >= 4 is 0 Å². The number of methoxy groups -OCH3 is 3. The van der Waals surface area contributed by atoms with E-state index in [1.54, 1.807) is 21.3 Å². The Kier molecular flexibility index (Phi) is 28.4. The first-order valence-electron chi connectivity index (χ1n) is 18.1. The van der Waals surface area contributed by atoms with Gasteiger partial charge in [0, 0.05) is 40.7 Å². The summed E-state index contributed by atoms with van der Waals surface area (Å²) in [5.41, 5.74) is 0. The number of hydrogen-bond donors (Lipinski definition) is 1. The first kappa shape index (κ1) is 40.8. The van der Waals surface area contributed by atoms with Crippen LogP contribution in [0.15, 0.2) is 0 Å². The molecule has 0 bridgehead atoms. The third kappa shape index (κ3) is 22.9. The number of rotatable bonds is 33. The SMILES string of the molecule is CCCCCCCCCCCCCCCCCCNC(CC)[N+](C)(C)CCCCCCCCCC(OC)(OC)OC. The molecule has 5 nitrogen and oxygen atoms in total. The Morgan fingerprint density at radius 1 is 0.512 bits per heavy atom. The molecule has 41 heavy (non-hydrogen) atoms. The average molecular weight is 586 g/mol. The molecule has 0 aromatic heterocycles. The van der Waals surface area contributed by atoms with Gasteiger partial charge in [-0.2, -0.15) is 0 Å². The predicted molar refractivity (Wildman–Crippen MR) is 179 cm³/mol. The van der Waals surface area contributed by atoms with E-state index in [9.17, 15) is 0 Å². The maximum atomic E-state index is 5.38. The van der Waals surface area contributed by atoms with Crippen LogP contribution in [-0.4, -0.2) is 65.1 Å². The summed E-state index contributed by atoms with van der Waals surface area (Å²) < 4.78 is 17.2. The van der Waals surface area contributed by atoms with Crippen LogP contribution in [0.5, 0.6) is 0 Å². The van der Waals surface area contributed by atoms with Gasteiger partial charge in [-0.15, -0.1) is 0 Å². The quantitative estimate of drug-likeness (QED) is 0.0472. The topological polar surface area (TPSA) is 39.7 Å². The Balaban J connectivity index is 3.65. The molecule has 0 saturated carbocycles. The van der Waals surface area contributed by atoms with Crippen molar-refractivity contribution in [1.82, 2.24) is 5.32 Å². The van der Waals surface area contributed by atoms with E-state index in [0.717, 1.165) is 17.3 Å². The van der Waals surface area contributed by atoms with Gasteiger partial charge in [0.05, 0.1) is 20.6 Å². The van der Waals surface area contributed by atoms with Gasteiger partial charge in [-0.3, -0.25) is 5.32 Å². The fraction of sp³-hybridized carbons (Fsp3) is 1.00. The fourth-order valence-corrected chi connectivity index (χ4v) is 6.28. The van der Waals surface area contributed by atoms with Crippen LogP contribution in [0.4, 0.5) is 0 Å². The highest BCUT2D eigenvalue weighted by Crippen LogP contribution is 2.22. The van der Waals surface area contributed by atoms with E-state index in [-0.39, 0.29) is 0 Å². The highest BCUT2D eigenvalue weighted by atomic mass is 16.9. The van der Waals surface area contributed by atoms with Gasteiger partial charge < -0.3 is 18.7 Å². The van der Waals surface area contributed by atoms with Gasteiger partial charge in [0.15, 0.2) is 0 Å². The molecule has 1 unspecified atom stereocenters. The summed E-state index contributed by atoms with van der Waals surface area (Å²) in [7, 11) is 9.78. The second-order valence-corrected chi connectivity index (χ2v) is 13.2. The molecule has 5 heteroatoms. The van der Waals surface area contributed by atoms with Crippen molar-refractivity contribution in [2.45, 2.75) is 187 Å². The molecular formula is C36H77N2O3+. The Labute approximate surface area is 258 Å². The molecule has 0 amide bonds. The zero-order valence-electron chi connectivity index (χ0n) is 29.3. The molecule has 0 radical (unpaired) electrons. The number of nitrogens with zero attached hydrogens (tertiary/aromatic N) is 1. The van der Waals surface area contributed by atoms with Gasteiger partial charge in [-0.1, -0.05) is 136 Å². The fourth-order valence-electron chi connectivity index (χ4n) is 6.28. The van der Waals surface area contributed by atoms with E-state index >= 15 is 0 Å². The summed E-state index contributed by atoms with van der Waals surface area (Å²) in [6.07, 6.45) is 34.4. The van der Waals surface area contributed by atoms with Gasteiger partial charge in [-0.05, 0) is 25.7 Å².